The molecule has 1 atom stereocenters. The molecule has 35 heavy (non-hydrogen) atoms. The predicted octanol–water partition coefficient (Wildman–Crippen LogP) is 4.46. The van der Waals surface area contributed by atoms with Crippen LogP contribution in [-0.4, -0.2) is 58.1 Å². The number of rotatable bonds is 6. The van der Waals surface area contributed by atoms with Crippen molar-refractivity contribution in [2.24, 2.45) is 0 Å². The molecule has 0 radical (unpaired) electrons. The Morgan fingerprint density at radius 2 is 1.54 bits per heavy atom. The van der Waals surface area contributed by atoms with Gasteiger partial charge in [0.25, 0.3) is 10.0 Å². The average molecular weight is 490 g/mol. The van der Waals surface area contributed by atoms with Gasteiger partial charge in [0.1, 0.15) is 12.4 Å². The van der Waals surface area contributed by atoms with Crippen LogP contribution >= 0.6 is 0 Å². The van der Waals surface area contributed by atoms with Gasteiger partial charge in [0.2, 0.25) is 0 Å². The van der Waals surface area contributed by atoms with Crippen LogP contribution in [0.4, 0.5) is 5.69 Å². The highest BCUT2D eigenvalue weighted by atomic mass is 32.2. The number of sulfonamides is 1. The molecule has 2 aliphatic heterocycles. The second kappa shape index (κ2) is 9.85. The van der Waals surface area contributed by atoms with Crippen molar-refractivity contribution in [3.8, 4) is 5.75 Å². The molecule has 1 saturated heterocycles. The molecule has 2 heterocycles. The van der Waals surface area contributed by atoms with Crippen LogP contribution in [0.2, 0.25) is 0 Å². The number of piperazine rings is 1. The molecule has 3 aromatic rings. The highest BCUT2D eigenvalue weighted by Gasteiger charge is 2.43. The third kappa shape index (κ3) is 4.72. The van der Waals surface area contributed by atoms with Crippen LogP contribution in [0.15, 0.2) is 95.5 Å². The maximum absolute atomic E-state index is 14.0. The summed E-state index contributed by atoms with van der Waals surface area (Å²) in [6, 6.07) is 24.4. The van der Waals surface area contributed by atoms with Crippen molar-refractivity contribution in [3.63, 3.8) is 0 Å². The maximum Gasteiger partial charge on any atom is 0.268 e. The van der Waals surface area contributed by atoms with E-state index in [2.05, 4.69) is 22.9 Å². The summed E-state index contributed by atoms with van der Waals surface area (Å²) in [7, 11) is -1.70. The Morgan fingerprint density at radius 1 is 0.886 bits per heavy atom. The highest BCUT2D eigenvalue weighted by molar-refractivity contribution is 7.93. The van der Waals surface area contributed by atoms with E-state index in [0.29, 0.717) is 5.69 Å². The number of likely N-dealkylation sites (N-methyl/N-ethyl adjacent to an activating group) is 1. The van der Waals surface area contributed by atoms with Gasteiger partial charge in [0.05, 0.1) is 22.3 Å². The molecule has 0 saturated carbocycles. The summed E-state index contributed by atoms with van der Waals surface area (Å²) < 4.78 is 35.6. The van der Waals surface area contributed by atoms with Crippen LogP contribution in [0.1, 0.15) is 17.2 Å². The number of benzene rings is 3. The van der Waals surface area contributed by atoms with Gasteiger partial charge in [-0.3, -0.25) is 4.90 Å². The Balaban J connectivity index is 1.58. The molecule has 2 aliphatic rings. The lowest BCUT2D eigenvalue weighted by Crippen LogP contribution is -2.46. The van der Waals surface area contributed by atoms with Crippen molar-refractivity contribution in [3.05, 3.63) is 102 Å². The number of hydrogen-bond donors (Lipinski definition) is 0. The zero-order chi connectivity index (χ0) is 24.4. The highest BCUT2D eigenvalue weighted by Crippen LogP contribution is 2.48. The number of anilines is 1. The molecule has 0 spiro atoms. The zero-order valence-corrected chi connectivity index (χ0v) is 21.0. The van der Waals surface area contributed by atoms with Gasteiger partial charge in [0, 0.05) is 31.7 Å². The summed E-state index contributed by atoms with van der Waals surface area (Å²) >= 11 is 0. The summed E-state index contributed by atoms with van der Waals surface area (Å²) in [5, 5.41) is 0. The predicted molar refractivity (Wildman–Crippen MR) is 139 cm³/mol. The SMILES string of the molecule is Cc1ccc(S(=O)(=O)N2/C(=C\COc3ccccc3)[C@H](N3CCN(C)CC3)c3ccccc32)cc1. The van der Waals surface area contributed by atoms with E-state index in [1.165, 1.54) is 4.31 Å². The fourth-order valence-corrected chi connectivity index (χ4v) is 6.36. The first-order valence-corrected chi connectivity index (χ1v) is 13.4. The normalized spacial score (nSPS) is 20.2. The van der Waals surface area contributed by atoms with E-state index in [0.717, 1.165) is 48.8 Å². The van der Waals surface area contributed by atoms with E-state index < -0.39 is 10.0 Å². The van der Waals surface area contributed by atoms with Crippen molar-refractivity contribution in [2.75, 3.05) is 44.1 Å². The summed E-state index contributed by atoms with van der Waals surface area (Å²) in [4.78, 5) is 4.98. The Morgan fingerprint density at radius 3 is 2.26 bits per heavy atom. The average Bonchev–Trinajstić information content (AvgIpc) is 3.20. The number of fused-ring (bicyclic) bond motifs is 1. The molecule has 0 unspecified atom stereocenters. The third-order valence-corrected chi connectivity index (χ3v) is 8.47. The Kier molecular flexibility index (Phi) is 6.65. The van der Waals surface area contributed by atoms with Crippen molar-refractivity contribution in [2.45, 2.75) is 17.9 Å². The van der Waals surface area contributed by atoms with E-state index in [1.54, 1.807) is 12.1 Å². The molecular weight excluding hydrogens is 458 g/mol. The van der Waals surface area contributed by atoms with Crippen molar-refractivity contribution in [1.82, 2.24) is 9.80 Å². The quantitative estimate of drug-likeness (QED) is 0.512. The van der Waals surface area contributed by atoms with E-state index in [9.17, 15) is 8.42 Å². The number of ether oxygens (including phenoxy) is 1. The molecule has 7 heteroatoms. The van der Waals surface area contributed by atoms with Crippen LogP contribution in [-0.2, 0) is 10.0 Å². The van der Waals surface area contributed by atoms with Crippen LogP contribution < -0.4 is 9.04 Å². The molecule has 5 rings (SSSR count). The van der Waals surface area contributed by atoms with Crippen molar-refractivity contribution < 1.29 is 13.2 Å². The first-order chi connectivity index (χ1) is 16.9. The lowest BCUT2D eigenvalue weighted by molar-refractivity contribution is 0.127. The summed E-state index contributed by atoms with van der Waals surface area (Å²) in [5.74, 6) is 0.754. The van der Waals surface area contributed by atoms with E-state index in [4.69, 9.17) is 4.74 Å². The smallest absolute Gasteiger partial charge is 0.268 e. The first kappa shape index (κ1) is 23.6. The standard InChI is InChI=1S/C28H31N3O3S/c1-22-12-14-24(15-13-22)35(32,33)31-26-11-7-6-10-25(26)28(30-19-17-29(2)18-20-30)27(31)16-21-34-23-8-4-3-5-9-23/h3-16,28H,17-21H2,1-2H3/b27-16-/t28-/m1/s1. The molecule has 0 aliphatic carbocycles. The molecule has 3 aromatic carbocycles. The maximum atomic E-state index is 14.0. The van der Waals surface area contributed by atoms with Gasteiger partial charge >= 0.3 is 0 Å². The number of hydrogen-bond acceptors (Lipinski definition) is 5. The zero-order valence-electron chi connectivity index (χ0n) is 20.2. The van der Waals surface area contributed by atoms with E-state index in [1.807, 2.05) is 73.7 Å². The second-order valence-electron chi connectivity index (χ2n) is 9.14. The number of nitrogens with zero attached hydrogens (tertiary/aromatic N) is 3. The van der Waals surface area contributed by atoms with E-state index >= 15 is 0 Å². The molecule has 1 fully saturated rings. The van der Waals surface area contributed by atoms with Crippen LogP contribution in [0.3, 0.4) is 0 Å². The second-order valence-corrected chi connectivity index (χ2v) is 10.9. The molecule has 0 amide bonds. The lowest BCUT2D eigenvalue weighted by atomic mass is 10.0. The topological polar surface area (TPSA) is 53.1 Å². The first-order valence-electron chi connectivity index (χ1n) is 12.0. The number of para-hydroxylation sites is 2. The van der Waals surface area contributed by atoms with Gasteiger partial charge in [-0.05, 0) is 50.4 Å². The summed E-state index contributed by atoms with van der Waals surface area (Å²) in [6.45, 7) is 5.85. The van der Waals surface area contributed by atoms with Crippen LogP contribution in [0, 0.1) is 6.92 Å². The van der Waals surface area contributed by atoms with Crippen molar-refractivity contribution in [1.29, 1.82) is 0 Å². The van der Waals surface area contributed by atoms with Crippen molar-refractivity contribution >= 4 is 15.7 Å². The molecule has 6 nitrogen and oxygen atoms in total. The molecule has 182 valence electrons. The van der Waals surface area contributed by atoms with Crippen LogP contribution in [0.5, 0.6) is 5.75 Å². The van der Waals surface area contributed by atoms with E-state index in [-0.39, 0.29) is 17.5 Å². The van der Waals surface area contributed by atoms with Crippen LogP contribution in [0.25, 0.3) is 0 Å². The number of aryl methyl sites for hydroxylation is 1. The minimum absolute atomic E-state index is 0.153. The fraction of sp³-hybridized carbons (Fsp3) is 0.286. The molecule has 0 bridgehead atoms. The third-order valence-electron chi connectivity index (χ3n) is 6.71. The Hall–Kier alpha value is -3.13. The van der Waals surface area contributed by atoms with Gasteiger partial charge < -0.3 is 9.64 Å². The Labute approximate surface area is 208 Å². The largest absolute Gasteiger partial charge is 0.489 e. The summed E-state index contributed by atoms with van der Waals surface area (Å²) in [5.41, 5.74) is 3.47. The fourth-order valence-electron chi connectivity index (χ4n) is 4.80. The summed E-state index contributed by atoms with van der Waals surface area (Å²) in [6.07, 6.45) is 1.93. The lowest BCUT2D eigenvalue weighted by Gasteiger charge is -2.37. The monoisotopic (exact) mass is 489 g/mol. The van der Waals surface area contributed by atoms with Gasteiger partial charge in [-0.25, -0.2) is 12.7 Å². The van der Waals surface area contributed by atoms with Gasteiger partial charge in [-0.1, -0.05) is 54.1 Å². The van der Waals surface area contributed by atoms with Gasteiger partial charge in [-0.2, -0.15) is 0 Å². The molecule has 0 aromatic heterocycles. The minimum Gasteiger partial charge on any atom is -0.489 e. The minimum atomic E-state index is -3.82. The van der Waals surface area contributed by atoms with Gasteiger partial charge in [-0.15, -0.1) is 0 Å². The molecular formula is C28H31N3O3S. The van der Waals surface area contributed by atoms with Gasteiger partial charge in [0.15, 0.2) is 0 Å². The Bertz CT molecular complexity index is 1300. The molecule has 0 N–H and O–H groups in total.